The molecule has 2 N–H and O–H groups in total. The lowest BCUT2D eigenvalue weighted by molar-refractivity contribution is 0.159. The van der Waals surface area contributed by atoms with Crippen molar-refractivity contribution in [3.8, 4) is 0 Å². The molecule has 0 amide bonds. The average Bonchev–Trinajstić information content (AvgIpc) is 2.93. The summed E-state index contributed by atoms with van der Waals surface area (Å²) in [5, 5.41) is 14.5. The number of aromatic nitrogens is 3. The van der Waals surface area contributed by atoms with Crippen molar-refractivity contribution in [2.75, 3.05) is 26.7 Å². The van der Waals surface area contributed by atoms with Gasteiger partial charge in [-0.1, -0.05) is 6.42 Å². The lowest BCUT2D eigenvalue weighted by Gasteiger charge is -2.33. The summed E-state index contributed by atoms with van der Waals surface area (Å²) in [6.45, 7) is 6.31. The molecular formula is C15H29N7. The van der Waals surface area contributed by atoms with Gasteiger partial charge in [-0.05, 0) is 32.7 Å². The first-order chi connectivity index (χ1) is 10.7. The zero-order valence-electron chi connectivity index (χ0n) is 14.0. The average molecular weight is 307 g/mol. The largest absolute Gasteiger partial charge is 0.356 e. The lowest BCUT2D eigenvalue weighted by Crippen LogP contribution is -2.41. The highest BCUT2D eigenvalue weighted by Gasteiger charge is 2.17. The minimum atomic E-state index is 0.624. The number of likely N-dealkylation sites (tertiary alicyclic amines) is 1. The van der Waals surface area contributed by atoms with Crippen molar-refractivity contribution in [1.29, 1.82) is 0 Å². The Hall–Kier alpha value is -1.63. The van der Waals surface area contributed by atoms with Crippen LogP contribution in [-0.4, -0.2) is 58.3 Å². The van der Waals surface area contributed by atoms with Crippen molar-refractivity contribution in [3.05, 3.63) is 12.2 Å². The minimum Gasteiger partial charge on any atom is -0.356 e. The first-order valence-electron chi connectivity index (χ1n) is 8.22. The van der Waals surface area contributed by atoms with E-state index in [0.717, 1.165) is 37.3 Å². The van der Waals surface area contributed by atoms with Crippen LogP contribution >= 0.6 is 0 Å². The SMILES string of the molecule is CN=C(NCCCN1CCCCC1C)NCc1nncn1C. The molecule has 1 fully saturated rings. The van der Waals surface area contributed by atoms with Gasteiger partial charge in [0, 0.05) is 33.2 Å². The van der Waals surface area contributed by atoms with E-state index in [9.17, 15) is 0 Å². The molecule has 7 nitrogen and oxygen atoms in total. The molecule has 7 heteroatoms. The van der Waals surface area contributed by atoms with E-state index in [1.165, 1.54) is 25.8 Å². The number of hydrogen-bond acceptors (Lipinski definition) is 4. The number of guanidine groups is 1. The van der Waals surface area contributed by atoms with Gasteiger partial charge in [-0.3, -0.25) is 4.99 Å². The van der Waals surface area contributed by atoms with E-state index < -0.39 is 0 Å². The predicted octanol–water partition coefficient (Wildman–Crippen LogP) is 0.745. The van der Waals surface area contributed by atoms with Crippen molar-refractivity contribution in [3.63, 3.8) is 0 Å². The van der Waals surface area contributed by atoms with E-state index in [2.05, 4.69) is 37.6 Å². The number of aliphatic imine (C=N–C) groups is 1. The van der Waals surface area contributed by atoms with Gasteiger partial charge >= 0.3 is 0 Å². The van der Waals surface area contributed by atoms with Gasteiger partial charge in [0.15, 0.2) is 11.8 Å². The monoisotopic (exact) mass is 307 g/mol. The zero-order chi connectivity index (χ0) is 15.8. The van der Waals surface area contributed by atoms with E-state index in [1.807, 2.05) is 11.6 Å². The van der Waals surface area contributed by atoms with E-state index in [1.54, 1.807) is 13.4 Å². The highest BCUT2D eigenvalue weighted by molar-refractivity contribution is 5.79. The molecule has 1 atom stereocenters. The zero-order valence-corrected chi connectivity index (χ0v) is 14.0. The molecule has 1 aliphatic heterocycles. The van der Waals surface area contributed by atoms with Crippen molar-refractivity contribution in [2.45, 2.75) is 45.2 Å². The second-order valence-electron chi connectivity index (χ2n) is 5.94. The van der Waals surface area contributed by atoms with Crippen LogP contribution in [0.4, 0.5) is 0 Å². The molecule has 1 aromatic rings. The summed E-state index contributed by atoms with van der Waals surface area (Å²) >= 11 is 0. The molecule has 0 saturated carbocycles. The first kappa shape index (κ1) is 16.7. The second kappa shape index (κ2) is 8.73. The molecule has 124 valence electrons. The fourth-order valence-corrected chi connectivity index (χ4v) is 2.83. The van der Waals surface area contributed by atoms with Crippen LogP contribution in [0.5, 0.6) is 0 Å². The normalized spacial score (nSPS) is 20.1. The fourth-order valence-electron chi connectivity index (χ4n) is 2.83. The fraction of sp³-hybridized carbons (Fsp3) is 0.800. The first-order valence-corrected chi connectivity index (χ1v) is 8.22. The number of piperidine rings is 1. The highest BCUT2D eigenvalue weighted by Crippen LogP contribution is 2.15. The summed E-state index contributed by atoms with van der Waals surface area (Å²) in [5.41, 5.74) is 0. The van der Waals surface area contributed by atoms with Crippen LogP contribution in [0, 0.1) is 0 Å². The van der Waals surface area contributed by atoms with E-state index in [4.69, 9.17) is 0 Å². The van der Waals surface area contributed by atoms with Crippen molar-refractivity contribution in [1.82, 2.24) is 30.3 Å². The molecule has 0 aliphatic carbocycles. The quantitative estimate of drug-likeness (QED) is 0.461. The summed E-state index contributed by atoms with van der Waals surface area (Å²) in [6.07, 6.45) is 6.91. The Morgan fingerprint density at radius 1 is 1.41 bits per heavy atom. The van der Waals surface area contributed by atoms with E-state index in [-0.39, 0.29) is 0 Å². The molecule has 1 saturated heterocycles. The van der Waals surface area contributed by atoms with Crippen LogP contribution in [0.3, 0.4) is 0 Å². The Balaban J connectivity index is 1.63. The van der Waals surface area contributed by atoms with Crippen molar-refractivity contribution >= 4 is 5.96 Å². The molecule has 0 bridgehead atoms. The standard InChI is InChI=1S/C15H29N7/c1-13-7-4-5-9-22(13)10-6-8-17-15(16-2)18-11-14-20-19-12-21(14)3/h12-13H,4-11H2,1-3H3,(H2,16,17,18). The van der Waals surface area contributed by atoms with Crippen LogP contribution in [0.25, 0.3) is 0 Å². The van der Waals surface area contributed by atoms with Gasteiger partial charge in [0.05, 0.1) is 6.54 Å². The van der Waals surface area contributed by atoms with E-state index in [0.29, 0.717) is 6.54 Å². The summed E-state index contributed by atoms with van der Waals surface area (Å²) in [6, 6.07) is 0.738. The Kier molecular flexibility index (Phi) is 6.64. The summed E-state index contributed by atoms with van der Waals surface area (Å²) in [7, 11) is 3.73. The summed E-state index contributed by atoms with van der Waals surface area (Å²) in [4.78, 5) is 6.84. The molecule has 1 aliphatic rings. The maximum Gasteiger partial charge on any atom is 0.191 e. The Labute approximate surface area is 133 Å². The lowest BCUT2D eigenvalue weighted by atomic mass is 10.0. The highest BCUT2D eigenvalue weighted by atomic mass is 15.3. The predicted molar refractivity (Wildman–Crippen MR) is 88.7 cm³/mol. The van der Waals surface area contributed by atoms with Crippen LogP contribution < -0.4 is 10.6 Å². The van der Waals surface area contributed by atoms with E-state index >= 15 is 0 Å². The third kappa shape index (κ3) is 4.98. The molecule has 22 heavy (non-hydrogen) atoms. The van der Waals surface area contributed by atoms with Crippen LogP contribution in [0.15, 0.2) is 11.3 Å². The van der Waals surface area contributed by atoms with Gasteiger partial charge in [0.25, 0.3) is 0 Å². The maximum atomic E-state index is 4.24. The summed E-state index contributed by atoms with van der Waals surface area (Å²) < 4.78 is 1.90. The molecule has 0 spiro atoms. The smallest absolute Gasteiger partial charge is 0.191 e. The van der Waals surface area contributed by atoms with Gasteiger partial charge in [0.1, 0.15) is 6.33 Å². The van der Waals surface area contributed by atoms with Crippen LogP contribution in [-0.2, 0) is 13.6 Å². The molecule has 2 heterocycles. The third-order valence-electron chi connectivity index (χ3n) is 4.30. The maximum absolute atomic E-state index is 4.24. The van der Waals surface area contributed by atoms with Crippen molar-refractivity contribution < 1.29 is 0 Å². The molecular weight excluding hydrogens is 278 g/mol. The number of nitrogens with zero attached hydrogens (tertiary/aromatic N) is 5. The van der Waals surface area contributed by atoms with Crippen LogP contribution in [0.1, 0.15) is 38.4 Å². The van der Waals surface area contributed by atoms with Gasteiger partial charge in [-0.15, -0.1) is 10.2 Å². The molecule has 1 unspecified atom stereocenters. The number of rotatable bonds is 6. The van der Waals surface area contributed by atoms with Gasteiger partial charge in [-0.2, -0.15) is 0 Å². The minimum absolute atomic E-state index is 0.624. The van der Waals surface area contributed by atoms with Gasteiger partial charge in [-0.25, -0.2) is 0 Å². The third-order valence-corrected chi connectivity index (χ3v) is 4.30. The molecule has 0 aromatic carbocycles. The van der Waals surface area contributed by atoms with Crippen LogP contribution in [0.2, 0.25) is 0 Å². The Morgan fingerprint density at radius 2 is 2.27 bits per heavy atom. The van der Waals surface area contributed by atoms with Gasteiger partial charge in [0.2, 0.25) is 0 Å². The summed E-state index contributed by atoms with van der Waals surface area (Å²) in [5.74, 6) is 1.71. The number of hydrogen-bond donors (Lipinski definition) is 2. The second-order valence-corrected chi connectivity index (χ2v) is 5.94. The number of nitrogens with one attached hydrogen (secondary N) is 2. The topological polar surface area (TPSA) is 70.4 Å². The van der Waals surface area contributed by atoms with Crippen molar-refractivity contribution in [2.24, 2.45) is 12.0 Å². The molecule has 1 aromatic heterocycles. The molecule has 2 rings (SSSR count). The number of aryl methyl sites for hydroxylation is 1. The molecule has 0 radical (unpaired) electrons. The Morgan fingerprint density at radius 3 is 2.95 bits per heavy atom. The Bertz CT molecular complexity index is 468. The van der Waals surface area contributed by atoms with Gasteiger partial charge < -0.3 is 20.1 Å².